The number of hydrogen-bond donors (Lipinski definition) is 2. The number of aryl methyl sites for hydroxylation is 1. The molecule has 0 amide bonds. The zero-order valence-electron chi connectivity index (χ0n) is 19.2. The topological polar surface area (TPSA) is 74.9 Å². The number of aromatic nitrogens is 1. The molecule has 32 heavy (non-hydrogen) atoms. The summed E-state index contributed by atoms with van der Waals surface area (Å²) in [6.07, 6.45) is 6.44. The lowest BCUT2D eigenvalue weighted by atomic mass is 9.88. The molecule has 1 aromatic carbocycles. The van der Waals surface area contributed by atoms with Crippen LogP contribution >= 0.6 is 24.0 Å². The van der Waals surface area contributed by atoms with E-state index in [0.29, 0.717) is 12.4 Å². The third kappa shape index (κ3) is 6.23. The first-order valence-corrected chi connectivity index (χ1v) is 11.5. The largest absolute Gasteiger partial charge is 0.444 e. The number of oxazole rings is 1. The molecule has 0 bridgehead atoms. The summed E-state index contributed by atoms with van der Waals surface area (Å²) in [4.78, 5) is 12.0. The van der Waals surface area contributed by atoms with E-state index in [1.54, 1.807) is 6.26 Å². The molecule has 0 radical (unpaired) electrons. The molecule has 4 rings (SSSR count). The molecule has 8 heteroatoms. The fraction of sp³-hybridized carbons (Fsp3) is 0.583. The molecule has 7 nitrogen and oxygen atoms in total. The summed E-state index contributed by atoms with van der Waals surface area (Å²) in [5.41, 5.74) is 3.20. The molecule has 2 fully saturated rings. The van der Waals surface area contributed by atoms with Gasteiger partial charge < -0.3 is 19.8 Å². The molecular formula is C24H36IN5O2. The van der Waals surface area contributed by atoms with Crippen LogP contribution in [-0.2, 0) is 11.3 Å². The monoisotopic (exact) mass is 553 g/mol. The van der Waals surface area contributed by atoms with Crippen LogP contribution in [-0.4, -0.2) is 60.8 Å². The number of likely N-dealkylation sites (tertiary alicyclic amines) is 1. The fourth-order valence-corrected chi connectivity index (χ4v) is 4.51. The molecule has 0 unspecified atom stereocenters. The first-order chi connectivity index (χ1) is 15.2. The maximum Gasteiger partial charge on any atom is 0.226 e. The number of benzene rings is 1. The Morgan fingerprint density at radius 1 is 1.12 bits per heavy atom. The van der Waals surface area contributed by atoms with Gasteiger partial charge in [0.15, 0.2) is 5.96 Å². The van der Waals surface area contributed by atoms with E-state index < -0.39 is 0 Å². The van der Waals surface area contributed by atoms with Gasteiger partial charge in [0.05, 0.1) is 6.54 Å². The summed E-state index contributed by atoms with van der Waals surface area (Å²) in [7, 11) is 0. The van der Waals surface area contributed by atoms with Gasteiger partial charge in [-0.1, -0.05) is 17.7 Å². The van der Waals surface area contributed by atoms with Crippen molar-refractivity contribution in [3.63, 3.8) is 0 Å². The summed E-state index contributed by atoms with van der Waals surface area (Å²) < 4.78 is 11.4. The Bertz CT molecular complexity index is 856. The molecule has 0 aliphatic carbocycles. The number of ether oxygens (including phenoxy) is 1. The van der Waals surface area contributed by atoms with E-state index >= 15 is 0 Å². The Labute approximate surface area is 208 Å². The van der Waals surface area contributed by atoms with Gasteiger partial charge in [-0.2, -0.15) is 0 Å². The van der Waals surface area contributed by atoms with E-state index in [0.717, 1.165) is 56.4 Å². The van der Waals surface area contributed by atoms with E-state index in [2.05, 4.69) is 46.5 Å². The Morgan fingerprint density at radius 2 is 1.84 bits per heavy atom. The number of aliphatic imine (C=N–C) groups is 1. The zero-order valence-corrected chi connectivity index (χ0v) is 21.6. The van der Waals surface area contributed by atoms with Crippen molar-refractivity contribution in [2.24, 2.45) is 4.99 Å². The van der Waals surface area contributed by atoms with Crippen LogP contribution in [0.5, 0.6) is 0 Å². The predicted octanol–water partition coefficient (Wildman–Crippen LogP) is 3.97. The highest BCUT2D eigenvalue weighted by molar-refractivity contribution is 14.0. The number of nitrogens with one attached hydrogen (secondary N) is 2. The van der Waals surface area contributed by atoms with E-state index in [4.69, 9.17) is 14.1 Å². The predicted molar refractivity (Wildman–Crippen MR) is 139 cm³/mol. The fourth-order valence-electron chi connectivity index (χ4n) is 4.51. The van der Waals surface area contributed by atoms with E-state index in [1.165, 1.54) is 31.5 Å². The second-order valence-corrected chi connectivity index (χ2v) is 8.59. The second-order valence-electron chi connectivity index (χ2n) is 8.59. The minimum atomic E-state index is 0. The van der Waals surface area contributed by atoms with Crippen LogP contribution in [0.4, 0.5) is 0 Å². The van der Waals surface area contributed by atoms with Crippen LogP contribution in [0.2, 0.25) is 0 Å². The third-order valence-electron chi connectivity index (χ3n) is 6.38. The molecular weight excluding hydrogens is 517 g/mol. The van der Waals surface area contributed by atoms with Gasteiger partial charge in [0.2, 0.25) is 5.89 Å². The van der Waals surface area contributed by atoms with Gasteiger partial charge in [0, 0.05) is 37.4 Å². The Morgan fingerprint density at radius 3 is 2.53 bits per heavy atom. The molecule has 2 aromatic rings. The lowest BCUT2D eigenvalue weighted by molar-refractivity contribution is -0.0164. The van der Waals surface area contributed by atoms with Crippen molar-refractivity contribution in [1.29, 1.82) is 0 Å². The minimum Gasteiger partial charge on any atom is -0.444 e. The number of guanidine groups is 1. The maximum absolute atomic E-state index is 5.68. The molecule has 0 saturated carbocycles. The molecule has 2 aliphatic rings. The van der Waals surface area contributed by atoms with Gasteiger partial charge in [0.25, 0.3) is 0 Å². The molecule has 176 valence electrons. The Kier molecular flexibility index (Phi) is 9.36. The van der Waals surface area contributed by atoms with Gasteiger partial charge in [-0.3, -0.25) is 4.90 Å². The van der Waals surface area contributed by atoms with Crippen LogP contribution in [0.1, 0.15) is 43.9 Å². The van der Waals surface area contributed by atoms with Crippen molar-refractivity contribution in [3.05, 3.63) is 41.8 Å². The number of rotatable bonds is 7. The van der Waals surface area contributed by atoms with Gasteiger partial charge in [-0.05, 0) is 64.8 Å². The maximum atomic E-state index is 5.68. The first kappa shape index (κ1) is 25.0. The first-order valence-electron chi connectivity index (χ1n) is 11.5. The van der Waals surface area contributed by atoms with E-state index in [-0.39, 0.29) is 29.5 Å². The quantitative estimate of drug-likeness (QED) is 0.307. The van der Waals surface area contributed by atoms with Crippen molar-refractivity contribution >= 4 is 29.9 Å². The highest BCUT2D eigenvalue weighted by Gasteiger charge is 2.39. The van der Waals surface area contributed by atoms with E-state index in [9.17, 15) is 0 Å². The van der Waals surface area contributed by atoms with Gasteiger partial charge in [-0.15, -0.1) is 24.0 Å². The minimum absolute atomic E-state index is 0. The molecule has 1 aromatic heterocycles. The molecule has 0 spiro atoms. The highest BCUT2D eigenvalue weighted by atomic mass is 127. The van der Waals surface area contributed by atoms with Crippen molar-refractivity contribution < 1.29 is 9.15 Å². The average Bonchev–Trinajstić information content (AvgIpc) is 3.50. The number of nitrogens with zero attached hydrogens (tertiary/aromatic N) is 3. The van der Waals surface area contributed by atoms with Crippen molar-refractivity contribution in [1.82, 2.24) is 20.5 Å². The summed E-state index contributed by atoms with van der Waals surface area (Å²) in [6.45, 7) is 10.4. The molecule has 2 N–H and O–H groups in total. The molecule has 2 saturated heterocycles. The lowest BCUT2D eigenvalue weighted by Gasteiger charge is -2.45. The SMILES string of the molecule is CCNC(=NCc1coc(-c2ccc(C)cc2)n1)NCC1(N2CCCC2)CCOCC1.I. The standard InChI is InChI=1S/C24H35N5O2.HI/c1-3-25-23(27-18-24(10-14-30-15-11-24)29-12-4-5-13-29)26-16-21-17-31-22(28-21)20-8-6-19(2)7-9-20;/h6-9,17H,3-5,10-16,18H2,1-2H3,(H2,25,26,27);1H. The van der Waals surface area contributed by atoms with Crippen LogP contribution in [0.3, 0.4) is 0 Å². The van der Waals surface area contributed by atoms with Crippen LogP contribution < -0.4 is 10.6 Å². The average molecular weight is 553 g/mol. The summed E-state index contributed by atoms with van der Waals surface area (Å²) >= 11 is 0. The Hall–Kier alpha value is -1.65. The van der Waals surface area contributed by atoms with Crippen LogP contribution in [0, 0.1) is 6.92 Å². The van der Waals surface area contributed by atoms with Crippen molar-refractivity contribution in [3.8, 4) is 11.5 Å². The lowest BCUT2D eigenvalue weighted by Crippen LogP contribution is -2.58. The normalized spacial score (nSPS) is 18.9. The summed E-state index contributed by atoms with van der Waals surface area (Å²) in [5.74, 6) is 1.46. The van der Waals surface area contributed by atoms with Gasteiger partial charge >= 0.3 is 0 Å². The summed E-state index contributed by atoms with van der Waals surface area (Å²) in [5, 5.41) is 6.98. The third-order valence-corrected chi connectivity index (χ3v) is 6.38. The van der Waals surface area contributed by atoms with Gasteiger partial charge in [-0.25, -0.2) is 9.98 Å². The van der Waals surface area contributed by atoms with Gasteiger partial charge in [0.1, 0.15) is 12.0 Å². The molecule has 0 atom stereocenters. The summed E-state index contributed by atoms with van der Waals surface area (Å²) in [6, 6.07) is 8.20. The smallest absolute Gasteiger partial charge is 0.226 e. The van der Waals surface area contributed by atoms with Crippen molar-refractivity contribution in [2.75, 3.05) is 39.4 Å². The van der Waals surface area contributed by atoms with Crippen LogP contribution in [0.15, 0.2) is 39.9 Å². The Balaban J connectivity index is 0.00000289. The molecule has 2 aliphatic heterocycles. The van der Waals surface area contributed by atoms with Crippen molar-refractivity contribution in [2.45, 2.75) is 51.6 Å². The zero-order chi connectivity index (χ0) is 21.5. The number of hydrogen-bond acceptors (Lipinski definition) is 5. The van der Waals surface area contributed by atoms with Crippen LogP contribution in [0.25, 0.3) is 11.5 Å². The number of halogens is 1. The molecule has 3 heterocycles. The second kappa shape index (κ2) is 12.0. The highest BCUT2D eigenvalue weighted by Crippen LogP contribution is 2.30. The van der Waals surface area contributed by atoms with E-state index in [1.807, 2.05) is 12.1 Å².